The van der Waals surface area contributed by atoms with Crippen molar-refractivity contribution in [3.05, 3.63) is 40.8 Å². The Morgan fingerprint density at radius 1 is 1.11 bits per heavy atom. The van der Waals surface area contributed by atoms with Gasteiger partial charge in [-0.25, -0.2) is 9.97 Å². The van der Waals surface area contributed by atoms with Crippen molar-refractivity contribution in [3.8, 4) is 11.5 Å². The molecule has 0 aliphatic carbocycles. The lowest BCUT2D eigenvalue weighted by atomic mass is 10.1. The molecule has 0 aliphatic rings. The highest BCUT2D eigenvalue weighted by atomic mass is 14.9. The molecular formula is C14H18N4. The highest BCUT2D eigenvalue weighted by molar-refractivity contribution is 5.51. The normalized spacial score (nSPS) is 10.7. The summed E-state index contributed by atoms with van der Waals surface area (Å²) in [6.45, 7) is 6.86. The molecule has 2 heterocycles. The number of pyridine rings is 1. The average Bonchev–Trinajstić information content (AvgIpc) is 2.33. The van der Waals surface area contributed by atoms with Crippen molar-refractivity contribution in [2.45, 2.75) is 27.3 Å². The molecule has 0 aliphatic heterocycles. The molecular weight excluding hydrogens is 224 g/mol. The predicted molar refractivity (Wildman–Crippen MR) is 72.2 cm³/mol. The molecule has 4 nitrogen and oxygen atoms in total. The van der Waals surface area contributed by atoms with E-state index in [2.05, 4.69) is 20.3 Å². The first-order valence-corrected chi connectivity index (χ1v) is 6.03. The lowest BCUT2D eigenvalue weighted by Gasteiger charge is -2.10. The summed E-state index contributed by atoms with van der Waals surface area (Å²) in [6.07, 6.45) is 1.79. The molecule has 0 saturated carbocycles. The zero-order valence-electron chi connectivity index (χ0n) is 11.3. The van der Waals surface area contributed by atoms with E-state index in [-0.39, 0.29) is 0 Å². The van der Waals surface area contributed by atoms with Gasteiger partial charge in [0.25, 0.3) is 0 Å². The van der Waals surface area contributed by atoms with E-state index >= 15 is 0 Å². The standard InChI is InChI=1S/C14H18N4/c1-9-5-6-16-13(7-9)14-17-10(2)12(8-15-4)11(3)18-14/h5-7,15H,8H2,1-4H3. The Kier molecular flexibility index (Phi) is 3.67. The second kappa shape index (κ2) is 5.23. The van der Waals surface area contributed by atoms with Crippen LogP contribution in [0.1, 0.15) is 22.5 Å². The van der Waals surface area contributed by atoms with Gasteiger partial charge in [0, 0.05) is 29.7 Å². The number of nitrogens with one attached hydrogen (secondary N) is 1. The third-order valence-electron chi connectivity index (χ3n) is 2.92. The second-order valence-electron chi connectivity index (χ2n) is 4.45. The predicted octanol–water partition coefficient (Wildman–Crippen LogP) is 2.18. The molecule has 0 atom stereocenters. The van der Waals surface area contributed by atoms with E-state index in [1.807, 2.05) is 40.0 Å². The van der Waals surface area contributed by atoms with Crippen LogP contribution in [0.5, 0.6) is 0 Å². The van der Waals surface area contributed by atoms with Crippen molar-refractivity contribution in [2.24, 2.45) is 0 Å². The van der Waals surface area contributed by atoms with Crippen molar-refractivity contribution in [1.82, 2.24) is 20.3 Å². The van der Waals surface area contributed by atoms with Gasteiger partial charge in [0.15, 0.2) is 5.82 Å². The van der Waals surface area contributed by atoms with Crippen LogP contribution in [0, 0.1) is 20.8 Å². The molecule has 94 valence electrons. The Balaban J connectivity index is 2.48. The van der Waals surface area contributed by atoms with Crippen LogP contribution in [0.4, 0.5) is 0 Å². The van der Waals surface area contributed by atoms with Crippen LogP contribution >= 0.6 is 0 Å². The van der Waals surface area contributed by atoms with Crippen LogP contribution in [-0.2, 0) is 6.54 Å². The lowest BCUT2D eigenvalue weighted by molar-refractivity contribution is 0.787. The Hall–Kier alpha value is -1.81. The smallest absolute Gasteiger partial charge is 0.178 e. The van der Waals surface area contributed by atoms with Gasteiger partial charge < -0.3 is 5.32 Å². The maximum absolute atomic E-state index is 4.55. The van der Waals surface area contributed by atoms with Crippen molar-refractivity contribution in [1.29, 1.82) is 0 Å². The Morgan fingerprint density at radius 3 is 2.33 bits per heavy atom. The Labute approximate surface area is 108 Å². The number of hydrogen-bond acceptors (Lipinski definition) is 4. The molecule has 18 heavy (non-hydrogen) atoms. The summed E-state index contributed by atoms with van der Waals surface area (Å²) in [4.78, 5) is 13.4. The fourth-order valence-electron chi connectivity index (χ4n) is 1.95. The molecule has 0 bridgehead atoms. The van der Waals surface area contributed by atoms with Crippen LogP contribution in [0.2, 0.25) is 0 Å². The Bertz CT molecular complexity index is 540. The summed E-state index contributed by atoms with van der Waals surface area (Å²) < 4.78 is 0. The van der Waals surface area contributed by atoms with E-state index in [1.54, 1.807) is 6.20 Å². The van der Waals surface area contributed by atoms with Crippen LogP contribution < -0.4 is 5.32 Å². The van der Waals surface area contributed by atoms with Crippen molar-refractivity contribution < 1.29 is 0 Å². The summed E-state index contributed by atoms with van der Waals surface area (Å²) in [5, 5.41) is 3.14. The van der Waals surface area contributed by atoms with Crippen molar-refractivity contribution in [2.75, 3.05) is 7.05 Å². The number of aromatic nitrogens is 3. The molecule has 2 aromatic rings. The summed E-state index contributed by atoms with van der Waals surface area (Å²) in [5.74, 6) is 0.702. The summed E-state index contributed by atoms with van der Waals surface area (Å²) in [7, 11) is 1.93. The van der Waals surface area contributed by atoms with E-state index < -0.39 is 0 Å². The van der Waals surface area contributed by atoms with Crippen molar-refractivity contribution in [3.63, 3.8) is 0 Å². The summed E-state index contributed by atoms with van der Waals surface area (Å²) in [5.41, 5.74) is 5.18. The third-order valence-corrected chi connectivity index (χ3v) is 2.92. The largest absolute Gasteiger partial charge is 0.316 e. The van der Waals surface area contributed by atoms with Crippen LogP contribution in [0.15, 0.2) is 18.3 Å². The molecule has 2 aromatic heterocycles. The molecule has 0 radical (unpaired) electrons. The SMILES string of the molecule is CNCc1c(C)nc(-c2cc(C)ccn2)nc1C. The summed E-state index contributed by atoms with van der Waals surface area (Å²) in [6, 6.07) is 3.98. The van der Waals surface area contributed by atoms with Gasteiger partial charge in [0.05, 0.1) is 0 Å². The topological polar surface area (TPSA) is 50.7 Å². The molecule has 0 unspecified atom stereocenters. The molecule has 1 N–H and O–H groups in total. The molecule has 0 spiro atoms. The van der Waals surface area contributed by atoms with Gasteiger partial charge in [-0.3, -0.25) is 4.98 Å². The first-order chi connectivity index (χ1) is 8.61. The maximum Gasteiger partial charge on any atom is 0.178 e. The van der Waals surface area contributed by atoms with Crippen LogP contribution in [0.3, 0.4) is 0 Å². The maximum atomic E-state index is 4.55. The highest BCUT2D eigenvalue weighted by Gasteiger charge is 2.10. The van der Waals surface area contributed by atoms with Crippen molar-refractivity contribution >= 4 is 0 Å². The van der Waals surface area contributed by atoms with E-state index in [0.717, 1.165) is 29.2 Å². The fourth-order valence-corrected chi connectivity index (χ4v) is 1.95. The van der Waals surface area contributed by atoms with Gasteiger partial charge in [0.1, 0.15) is 5.69 Å². The molecule has 2 rings (SSSR count). The van der Waals surface area contributed by atoms with Crippen LogP contribution in [0.25, 0.3) is 11.5 Å². The van der Waals surface area contributed by atoms with Gasteiger partial charge in [-0.1, -0.05) is 0 Å². The van der Waals surface area contributed by atoms with Gasteiger partial charge in [-0.15, -0.1) is 0 Å². The minimum Gasteiger partial charge on any atom is -0.316 e. The average molecular weight is 242 g/mol. The molecule has 0 fully saturated rings. The molecule has 4 heteroatoms. The van der Waals surface area contributed by atoms with E-state index in [9.17, 15) is 0 Å². The molecule has 0 amide bonds. The van der Waals surface area contributed by atoms with Gasteiger partial charge in [-0.2, -0.15) is 0 Å². The molecule has 0 aromatic carbocycles. The monoisotopic (exact) mass is 242 g/mol. The van der Waals surface area contributed by atoms with E-state index in [0.29, 0.717) is 5.82 Å². The quantitative estimate of drug-likeness (QED) is 0.896. The molecule has 0 saturated heterocycles. The number of aryl methyl sites for hydroxylation is 3. The number of rotatable bonds is 3. The highest BCUT2D eigenvalue weighted by Crippen LogP contribution is 2.17. The number of nitrogens with zero attached hydrogens (tertiary/aromatic N) is 3. The third kappa shape index (κ3) is 2.54. The zero-order chi connectivity index (χ0) is 13.1. The first kappa shape index (κ1) is 12.6. The fraction of sp³-hybridized carbons (Fsp3) is 0.357. The lowest BCUT2D eigenvalue weighted by Crippen LogP contribution is -2.11. The van der Waals surface area contributed by atoms with E-state index in [1.165, 1.54) is 5.56 Å². The minimum atomic E-state index is 0.702. The van der Waals surface area contributed by atoms with Gasteiger partial charge in [0.2, 0.25) is 0 Å². The summed E-state index contributed by atoms with van der Waals surface area (Å²) >= 11 is 0. The van der Waals surface area contributed by atoms with E-state index in [4.69, 9.17) is 0 Å². The van der Waals surface area contributed by atoms with Gasteiger partial charge >= 0.3 is 0 Å². The first-order valence-electron chi connectivity index (χ1n) is 6.03. The second-order valence-corrected chi connectivity index (χ2v) is 4.45. The zero-order valence-corrected chi connectivity index (χ0v) is 11.3. The Morgan fingerprint density at radius 2 is 1.78 bits per heavy atom. The van der Waals surface area contributed by atoms with Crippen LogP contribution in [-0.4, -0.2) is 22.0 Å². The minimum absolute atomic E-state index is 0.702. The van der Waals surface area contributed by atoms with Gasteiger partial charge in [-0.05, 0) is 45.5 Å². The number of hydrogen-bond donors (Lipinski definition) is 1.